The maximum Gasteiger partial charge on any atom is 0.321 e. The number of nitrogens with one attached hydrogen (secondary N) is 1. The monoisotopic (exact) mass is 287 g/mol. The summed E-state index contributed by atoms with van der Waals surface area (Å²) in [5.41, 5.74) is 3.19. The number of amides is 2. The minimum absolute atomic E-state index is 0.121. The molecule has 0 aliphatic carbocycles. The Labute approximate surface area is 127 Å². The molecule has 0 heterocycles. The Kier molecular flexibility index (Phi) is 6.53. The van der Waals surface area contributed by atoms with Crippen molar-refractivity contribution in [3.63, 3.8) is 0 Å². The van der Waals surface area contributed by atoms with E-state index in [2.05, 4.69) is 22.4 Å². The van der Waals surface area contributed by atoms with Crippen molar-refractivity contribution >= 4 is 11.7 Å². The Hall–Kier alpha value is -2.23. The normalized spacial score (nSPS) is 11.6. The van der Waals surface area contributed by atoms with Crippen molar-refractivity contribution in [3.05, 3.63) is 53.8 Å². The molecule has 0 unspecified atom stereocenters. The van der Waals surface area contributed by atoms with Gasteiger partial charge in [-0.3, -0.25) is 0 Å². The van der Waals surface area contributed by atoms with Crippen molar-refractivity contribution in [2.45, 2.75) is 13.3 Å². The lowest BCUT2D eigenvalue weighted by atomic mass is 10.1. The van der Waals surface area contributed by atoms with Crippen LogP contribution in [-0.2, 0) is 6.42 Å². The number of allylic oxidation sites excluding steroid dienone is 4. The highest BCUT2D eigenvalue weighted by Crippen LogP contribution is 2.16. The Morgan fingerprint density at radius 1 is 1.19 bits per heavy atom. The van der Waals surface area contributed by atoms with Gasteiger partial charge in [-0.25, -0.2) is 4.79 Å². The number of hydrogen-bond acceptors (Lipinski definition) is 2. The van der Waals surface area contributed by atoms with Crippen LogP contribution in [0.15, 0.2) is 48.2 Å². The molecule has 0 aromatic heterocycles. The molecular formula is C17H25N3O. The molecule has 114 valence electrons. The van der Waals surface area contributed by atoms with Crippen LogP contribution < -0.4 is 5.32 Å². The molecule has 1 N–H and O–H groups in total. The number of carbonyl (C=O) groups excluding carboxylic acids is 1. The number of rotatable bonds is 5. The Bertz CT molecular complexity index is 531. The number of likely N-dealkylation sites (N-methyl/N-ethyl adjacent to an activating group) is 1. The van der Waals surface area contributed by atoms with Crippen LogP contribution in [0.25, 0.3) is 0 Å². The van der Waals surface area contributed by atoms with E-state index in [1.807, 2.05) is 51.4 Å². The summed E-state index contributed by atoms with van der Waals surface area (Å²) in [6, 6.07) is 7.82. The van der Waals surface area contributed by atoms with Gasteiger partial charge in [0.15, 0.2) is 0 Å². The zero-order chi connectivity index (χ0) is 15.8. The molecule has 1 aromatic carbocycles. The van der Waals surface area contributed by atoms with E-state index in [1.165, 1.54) is 10.6 Å². The quantitative estimate of drug-likeness (QED) is 0.843. The van der Waals surface area contributed by atoms with Crippen LogP contribution in [0.5, 0.6) is 0 Å². The van der Waals surface area contributed by atoms with Crippen molar-refractivity contribution in [1.82, 2.24) is 9.80 Å². The number of carbonyl (C=O) groups is 1. The van der Waals surface area contributed by atoms with E-state index in [1.54, 1.807) is 14.1 Å². The van der Waals surface area contributed by atoms with Gasteiger partial charge in [0, 0.05) is 46.0 Å². The van der Waals surface area contributed by atoms with Gasteiger partial charge in [0.1, 0.15) is 0 Å². The first kappa shape index (κ1) is 16.8. The van der Waals surface area contributed by atoms with Crippen LogP contribution in [0.3, 0.4) is 0 Å². The third kappa shape index (κ3) is 5.73. The summed E-state index contributed by atoms with van der Waals surface area (Å²) in [4.78, 5) is 15.3. The lowest BCUT2D eigenvalue weighted by molar-refractivity contribution is 0.230. The third-order valence-corrected chi connectivity index (χ3v) is 3.03. The van der Waals surface area contributed by atoms with Crippen LogP contribution >= 0.6 is 0 Å². The molecule has 21 heavy (non-hydrogen) atoms. The molecule has 1 rings (SSSR count). The molecule has 0 radical (unpaired) electrons. The number of nitrogens with zero attached hydrogens (tertiary/aromatic N) is 2. The molecule has 0 saturated carbocycles. The van der Waals surface area contributed by atoms with Gasteiger partial charge in [-0.15, -0.1) is 0 Å². The van der Waals surface area contributed by atoms with Gasteiger partial charge in [-0.1, -0.05) is 24.3 Å². The van der Waals surface area contributed by atoms with Crippen LogP contribution in [-0.4, -0.2) is 44.0 Å². The summed E-state index contributed by atoms with van der Waals surface area (Å²) in [5, 5.41) is 2.87. The summed E-state index contributed by atoms with van der Waals surface area (Å²) in [5.74, 6) is 0. The number of anilines is 1. The maximum atomic E-state index is 11.7. The molecule has 0 aliphatic rings. The van der Waals surface area contributed by atoms with Gasteiger partial charge in [0.25, 0.3) is 0 Å². The molecular weight excluding hydrogens is 262 g/mol. The average molecular weight is 287 g/mol. The summed E-state index contributed by atoms with van der Waals surface area (Å²) < 4.78 is 0. The van der Waals surface area contributed by atoms with Gasteiger partial charge in [0.05, 0.1) is 0 Å². The first-order valence-electron chi connectivity index (χ1n) is 7.00. The molecule has 0 saturated heterocycles. The van der Waals surface area contributed by atoms with Gasteiger partial charge in [0.2, 0.25) is 0 Å². The highest BCUT2D eigenvalue weighted by molar-refractivity contribution is 5.88. The molecule has 0 aliphatic heterocycles. The van der Waals surface area contributed by atoms with Crippen molar-refractivity contribution in [2.24, 2.45) is 0 Å². The second-order valence-corrected chi connectivity index (χ2v) is 5.28. The molecule has 2 amide bonds. The molecule has 4 heteroatoms. The molecule has 0 spiro atoms. The lowest BCUT2D eigenvalue weighted by Gasteiger charge is -2.18. The third-order valence-electron chi connectivity index (χ3n) is 3.03. The van der Waals surface area contributed by atoms with Gasteiger partial charge >= 0.3 is 6.03 Å². The SMILES string of the molecule is C/C=C\C=C(/Cc1cccc(NC(=O)N(C)C)c1)N(C)C. The maximum absolute atomic E-state index is 11.7. The summed E-state index contributed by atoms with van der Waals surface area (Å²) in [7, 11) is 7.52. The molecule has 0 atom stereocenters. The Morgan fingerprint density at radius 3 is 2.48 bits per heavy atom. The predicted molar refractivity (Wildman–Crippen MR) is 89.4 cm³/mol. The van der Waals surface area contributed by atoms with E-state index in [0.717, 1.165) is 17.7 Å². The summed E-state index contributed by atoms with van der Waals surface area (Å²) in [6.45, 7) is 2.00. The summed E-state index contributed by atoms with van der Waals surface area (Å²) >= 11 is 0. The fourth-order valence-electron chi connectivity index (χ4n) is 1.78. The smallest absolute Gasteiger partial charge is 0.321 e. The van der Waals surface area contributed by atoms with E-state index in [9.17, 15) is 4.79 Å². The number of benzene rings is 1. The van der Waals surface area contributed by atoms with Gasteiger partial charge in [-0.05, 0) is 30.7 Å². The van der Waals surface area contributed by atoms with E-state index in [4.69, 9.17) is 0 Å². The van der Waals surface area contributed by atoms with Crippen LogP contribution in [0.4, 0.5) is 10.5 Å². The number of urea groups is 1. The van der Waals surface area contributed by atoms with E-state index in [0.29, 0.717) is 0 Å². The van der Waals surface area contributed by atoms with E-state index in [-0.39, 0.29) is 6.03 Å². The van der Waals surface area contributed by atoms with Crippen molar-refractivity contribution in [2.75, 3.05) is 33.5 Å². The summed E-state index contributed by atoms with van der Waals surface area (Å²) in [6.07, 6.45) is 6.97. The van der Waals surface area contributed by atoms with Crippen LogP contribution in [0.2, 0.25) is 0 Å². The standard InChI is InChI=1S/C17H25N3O/c1-6-7-11-16(19(2)3)13-14-9-8-10-15(12-14)18-17(21)20(4)5/h6-12H,13H2,1-5H3,(H,18,21)/b7-6-,16-11+. The first-order chi connectivity index (χ1) is 9.93. The van der Waals surface area contributed by atoms with Crippen molar-refractivity contribution in [1.29, 1.82) is 0 Å². The van der Waals surface area contributed by atoms with E-state index < -0.39 is 0 Å². The highest BCUT2D eigenvalue weighted by atomic mass is 16.2. The largest absolute Gasteiger partial charge is 0.381 e. The zero-order valence-corrected chi connectivity index (χ0v) is 13.6. The Balaban J connectivity index is 2.87. The Morgan fingerprint density at radius 2 is 1.90 bits per heavy atom. The second-order valence-electron chi connectivity index (χ2n) is 5.28. The molecule has 0 fully saturated rings. The predicted octanol–water partition coefficient (Wildman–Crippen LogP) is 3.34. The van der Waals surface area contributed by atoms with Gasteiger partial charge < -0.3 is 15.1 Å². The average Bonchev–Trinajstić information content (AvgIpc) is 2.43. The van der Waals surface area contributed by atoms with Crippen LogP contribution in [0, 0.1) is 0 Å². The lowest BCUT2D eigenvalue weighted by Crippen LogP contribution is -2.27. The molecule has 1 aromatic rings. The molecule has 4 nitrogen and oxygen atoms in total. The fraction of sp³-hybridized carbons (Fsp3) is 0.353. The van der Waals surface area contributed by atoms with Crippen LogP contribution in [0.1, 0.15) is 12.5 Å². The molecule has 0 bridgehead atoms. The van der Waals surface area contributed by atoms with Gasteiger partial charge in [-0.2, -0.15) is 0 Å². The number of hydrogen-bond donors (Lipinski definition) is 1. The minimum Gasteiger partial charge on any atom is -0.381 e. The van der Waals surface area contributed by atoms with Crippen molar-refractivity contribution in [3.8, 4) is 0 Å². The van der Waals surface area contributed by atoms with E-state index >= 15 is 0 Å². The first-order valence-corrected chi connectivity index (χ1v) is 7.00. The zero-order valence-electron chi connectivity index (χ0n) is 13.6. The second kappa shape index (κ2) is 8.15. The minimum atomic E-state index is -0.121. The highest BCUT2D eigenvalue weighted by Gasteiger charge is 2.06. The van der Waals surface area contributed by atoms with Crippen molar-refractivity contribution < 1.29 is 4.79 Å². The topological polar surface area (TPSA) is 35.6 Å². The fourth-order valence-corrected chi connectivity index (χ4v) is 1.78.